The molecule has 0 saturated carbocycles. The molecule has 0 spiro atoms. The Kier molecular flexibility index (Phi) is 7.06. The molecule has 2 aromatic rings. The highest BCUT2D eigenvalue weighted by Crippen LogP contribution is 2.38. The van der Waals surface area contributed by atoms with E-state index in [2.05, 4.69) is 4.99 Å². The van der Waals surface area contributed by atoms with Gasteiger partial charge in [0.2, 0.25) is 5.75 Å². The largest absolute Gasteiger partial charge is 0.493 e. The first kappa shape index (κ1) is 21.1. The van der Waals surface area contributed by atoms with Crippen LogP contribution >= 0.6 is 23.4 Å². The molecule has 1 heterocycles. The van der Waals surface area contributed by atoms with E-state index in [1.807, 2.05) is 18.2 Å². The first-order valence-corrected chi connectivity index (χ1v) is 10.2. The molecule has 8 heteroatoms. The van der Waals surface area contributed by atoms with Gasteiger partial charge in [0.25, 0.3) is 5.91 Å². The van der Waals surface area contributed by atoms with Gasteiger partial charge in [-0.3, -0.25) is 9.69 Å². The zero-order valence-electron chi connectivity index (χ0n) is 16.3. The van der Waals surface area contributed by atoms with Crippen LogP contribution in [0.1, 0.15) is 5.56 Å². The average Bonchev–Trinajstić information content (AvgIpc) is 3.21. The summed E-state index contributed by atoms with van der Waals surface area (Å²) in [6.07, 6.45) is 3.22. The van der Waals surface area contributed by atoms with E-state index in [0.29, 0.717) is 39.7 Å². The lowest BCUT2D eigenvalue weighted by Gasteiger charge is -2.14. The van der Waals surface area contributed by atoms with E-state index in [0.717, 1.165) is 11.3 Å². The Morgan fingerprint density at radius 1 is 1.14 bits per heavy atom. The lowest BCUT2D eigenvalue weighted by molar-refractivity contribution is -0.121. The molecule has 0 radical (unpaired) electrons. The number of halogens is 1. The summed E-state index contributed by atoms with van der Waals surface area (Å²) in [6.45, 7) is 0.590. The van der Waals surface area contributed by atoms with Crippen LogP contribution in [0, 0.1) is 0 Å². The van der Waals surface area contributed by atoms with Gasteiger partial charge in [0.1, 0.15) is 0 Å². The van der Waals surface area contributed by atoms with Crippen LogP contribution in [0.25, 0.3) is 6.08 Å². The van der Waals surface area contributed by atoms with Gasteiger partial charge in [-0.05, 0) is 35.9 Å². The van der Waals surface area contributed by atoms with Crippen LogP contribution in [-0.4, -0.2) is 49.6 Å². The van der Waals surface area contributed by atoms with E-state index in [-0.39, 0.29) is 5.91 Å². The first-order valence-electron chi connectivity index (χ1n) is 8.83. The van der Waals surface area contributed by atoms with Crippen molar-refractivity contribution >= 4 is 46.2 Å². The molecule has 0 atom stereocenters. The standard InChI is InChI=1S/C21H21ClN2O4S/c1-26-17-12-14(13-18(27-2)20(17)28-3)8-9-19(25)24-10-11-29-21(24)23-16-7-5-4-6-15(16)22/h4-9,12-13H,10-11H2,1-3H3/b9-8+,23-21?. The van der Waals surface area contributed by atoms with E-state index in [9.17, 15) is 4.79 Å². The Morgan fingerprint density at radius 3 is 2.45 bits per heavy atom. The number of aliphatic imine (C=N–C) groups is 1. The van der Waals surface area contributed by atoms with Crippen LogP contribution in [0.5, 0.6) is 17.2 Å². The fourth-order valence-electron chi connectivity index (χ4n) is 2.80. The fraction of sp³-hybridized carbons (Fsp3) is 0.238. The van der Waals surface area contributed by atoms with Gasteiger partial charge in [-0.2, -0.15) is 0 Å². The van der Waals surface area contributed by atoms with Crippen molar-refractivity contribution in [3.8, 4) is 17.2 Å². The Balaban J connectivity index is 1.82. The Labute approximate surface area is 179 Å². The molecule has 0 aliphatic carbocycles. The van der Waals surface area contributed by atoms with Crippen LogP contribution in [-0.2, 0) is 4.79 Å². The van der Waals surface area contributed by atoms with Crippen molar-refractivity contribution in [1.82, 2.24) is 4.90 Å². The zero-order chi connectivity index (χ0) is 20.8. The molecule has 1 aliphatic heterocycles. The van der Waals surface area contributed by atoms with Gasteiger partial charge in [-0.25, -0.2) is 4.99 Å². The summed E-state index contributed by atoms with van der Waals surface area (Å²) in [5.41, 5.74) is 1.40. The van der Waals surface area contributed by atoms with E-state index < -0.39 is 0 Å². The highest BCUT2D eigenvalue weighted by molar-refractivity contribution is 8.14. The van der Waals surface area contributed by atoms with Crippen LogP contribution in [0.4, 0.5) is 5.69 Å². The molecule has 0 N–H and O–H groups in total. The van der Waals surface area contributed by atoms with Crippen LogP contribution in [0.3, 0.4) is 0 Å². The normalized spacial score (nSPS) is 15.2. The maximum Gasteiger partial charge on any atom is 0.252 e. The first-order chi connectivity index (χ1) is 14.1. The van der Waals surface area contributed by atoms with E-state index >= 15 is 0 Å². The number of amides is 1. The lowest BCUT2D eigenvalue weighted by Crippen LogP contribution is -2.30. The molecule has 0 unspecified atom stereocenters. The number of carbonyl (C=O) groups is 1. The molecule has 0 bridgehead atoms. The molecule has 152 valence electrons. The number of hydrogen-bond acceptors (Lipinski definition) is 6. The van der Waals surface area contributed by atoms with Crippen LogP contribution < -0.4 is 14.2 Å². The molecule has 2 aromatic carbocycles. The van der Waals surface area contributed by atoms with Crippen LogP contribution in [0.2, 0.25) is 5.02 Å². The number of thioether (sulfide) groups is 1. The van der Waals surface area contributed by atoms with Crippen molar-refractivity contribution in [2.24, 2.45) is 4.99 Å². The lowest BCUT2D eigenvalue weighted by atomic mass is 10.1. The van der Waals surface area contributed by atoms with Crippen molar-refractivity contribution in [1.29, 1.82) is 0 Å². The van der Waals surface area contributed by atoms with Crippen molar-refractivity contribution in [2.45, 2.75) is 0 Å². The predicted molar refractivity (Wildman–Crippen MR) is 118 cm³/mol. The maximum atomic E-state index is 12.8. The third kappa shape index (κ3) is 4.86. The van der Waals surface area contributed by atoms with Crippen molar-refractivity contribution in [3.63, 3.8) is 0 Å². The van der Waals surface area contributed by atoms with Crippen molar-refractivity contribution < 1.29 is 19.0 Å². The van der Waals surface area contributed by atoms with Gasteiger partial charge in [-0.15, -0.1) is 0 Å². The summed E-state index contributed by atoms with van der Waals surface area (Å²) < 4.78 is 16.0. The number of para-hydroxylation sites is 1. The number of carbonyl (C=O) groups excluding carboxylic acids is 1. The minimum absolute atomic E-state index is 0.158. The number of amidine groups is 1. The molecule has 1 saturated heterocycles. The Hall–Kier alpha value is -2.64. The summed E-state index contributed by atoms with van der Waals surface area (Å²) in [7, 11) is 4.65. The second-order valence-electron chi connectivity index (χ2n) is 5.98. The highest BCUT2D eigenvalue weighted by atomic mass is 35.5. The van der Waals surface area contributed by atoms with Gasteiger partial charge in [0.15, 0.2) is 16.7 Å². The number of methoxy groups -OCH3 is 3. The van der Waals surface area contributed by atoms with E-state index in [4.69, 9.17) is 25.8 Å². The summed E-state index contributed by atoms with van der Waals surface area (Å²) >= 11 is 7.71. The quantitative estimate of drug-likeness (QED) is 0.622. The smallest absolute Gasteiger partial charge is 0.252 e. The Morgan fingerprint density at radius 2 is 1.83 bits per heavy atom. The number of ether oxygens (including phenoxy) is 3. The monoisotopic (exact) mass is 432 g/mol. The number of rotatable bonds is 6. The summed E-state index contributed by atoms with van der Waals surface area (Å²) in [4.78, 5) is 19.0. The minimum Gasteiger partial charge on any atom is -0.493 e. The minimum atomic E-state index is -0.158. The molecule has 6 nitrogen and oxygen atoms in total. The third-order valence-corrected chi connectivity index (χ3v) is 5.49. The molecule has 1 aliphatic rings. The molecular weight excluding hydrogens is 412 g/mol. The molecule has 29 heavy (non-hydrogen) atoms. The van der Waals surface area contributed by atoms with Gasteiger partial charge in [0, 0.05) is 18.4 Å². The van der Waals surface area contributed by atoms with Gasteiger partial charge in [-0.1, -0.05) is 35.5 Å². The number of nitrogens with zero attached hydrogens (tertiary/aromatic N) is 2. The zero-order valence-corrected chi connectivity index (χ0v) is 17.9. The molecule has 1 fully saturated rings. The van der Waals surface area contributed by atoms with Crippen molar-refractivity contribution in [3.05, 3.63) is 53.1 Å². The average molecular weight is 433 g/mol. The topological polar surface area (TPSA) is 60.4 Å². The Bertz CT molecular complexity index is 936. The van der Waals surface area contributed by atoms with Gasteiger partial charge in [0.05, 0.1) is 32.0 Å². The van der Waals surface area contributed by atoms with E-state index in [1.165, 1.54) is 17.8 Å². The number of hydrogen-bond donors (Lipinski definition) is 0. The highest BCUT2D eigenvalue weighted by Gasteiger charge is 2.24. The van der Waals surface area contributed by atoms with Gasteiger partial charge < -0.3 is 14.2 Å². The van der Waals surface area contributed by atoms with Crippen molar-refractivity contribution in [2.75, 3.05) is 33.6 Å². The molecule has 1 amide bonds. The van der Waals surface area contributed by atoms with Crippen LogP contribution in [0.15, 0.2) is 47.5 Å². The maximum absolute atomic E-state index is 12.8. The van der Waals surface area contributed by atoms with Gasteiger partial charge >= 0.3 is 0 Å². The second kappa shape index (κ2) is 9.71. The summed E-state index contributed by atoms with van der Waals surface area (Å²) in [5, 5.41) is 1.19. The molecular formula is C21H21ClN2O4S. The predicted octanol–water partition coefficient (Wildman–Crippen LogP) is 4.64. The molecule has 0 aromatic heterocycles. The summed E-state index contributed by atoms with van der Waals surface area (Å²) in [6, 6.07) is 10.9. The molecule has 3 rings (SSSR count). The summed E-state index contributed by atoms with van der Waals surface area (Å²) in [5.74, 6) is 2.18. The number of benzene rings is 2. The van der Waals surface area contributed by atoms with E-state index in [1.54, 1.807) is 50.5 Å². The SMILES string of the molecule is COc1cc(/C=C/C(=O)N2CCSC2=Nc2ccccc2Cl)cc(OC)c1OC. The fourth-order valence-corrected chi connectivity index (χ4v) is 3.93. The third-order valence-electron chi connectivity index (χ3n) is 4.22. The second-order valence-corrected chi connectivity index (χ2v) is 7.45.